The van der Waals surface area contributed by atoms with Crippen molar-refractivity contribution in [1.29, 1.82) is 0 Å². The molecule has 1 aliphatic heterocycles. The Morgan fingerprint density at radius 2 is 1.78 bits per heavy atom. The maximum absolute atomic E-state index is 14.0. The van der Waals surface area contributed by atoms with E-state index in [1.807, 2.05) is 4.90 Å². The molecule has 0 aliphatic carbocycles. The number of nitrogens with zero attached hydrogens (tertiary/aromatic N) is 5. The van der Waals surface area contributed by atoms with Crippen LogP contribution in [0.3, 0.4) is 0 Å². The standard InChI is InChI=1S/C28H27ClF2N6O3S/c1-2-28(30,31)20-5-3-19(4-6-20)15-34-27(38)25-18-36(26-17-33-24-16-32-12-11-23(24)35-26)13-14-37(25)41(39,40)22-9-7-21(29)8-10-22/h3-12,16-17,25H,2,13-15,18H2,1H3,(H,34,38)/t25-/m1/s1. The number of anilines is 1. The van der Waals surface area contributed by atoms with Crippen LogP contribution in [0.15, 0.2) is 78.1 Å². The molecule has 0 bridgehead atoms. The van der Waals surface area contributed by atoms with Crippen LogP contribution in [0, 0.1) is 0 Å². The average Bonchev–Trinajstić information content (AvgIpc) is 2.99. The van der Waals surface area contributed by atoms with Crippen LogP contribution in [0.25, 0.3) is 11.0 Å². The van der Waals surface area contributed by atoms with Crippen molar-refractivity contribution in [2.45, 2.75) is 36.7 Å². The molecule has 0 unspecified atom stereocenters. The second kappa shape index (κ2) is 11.6. The number of hydrogen-bond acceptors (Lipinski definition) is 7. The highest BCUT2D eigenvalue weighted by Crippen LogP contribution is 2.31. The Kier molecular flexibility index (Phi) is 8.16. The molecular formula is C28H27ClF2N6O3S. The predicted octanol–water partition coefficient (Wildman–Crippen LogP) is 4.38. The number of hydrogen-bond donors (Lipinski definition) is 1. The van der Waals surface area contributed by atoms with Gasteiger partial charge >= 0.3 is 0 Å². The van der Waals surface area contributed by atoms with Crippen LogP contribution in [0.4, 0.5) is 14.6 Å². The largest absolute Gasteiger partial charge is 0.352 e. The lowest BCUT2D eigenvalue weighted by Crippen LogP contribution is -2.60. The Hall–Kier alpha value is -3.74. The van der Waals surface area contributed by atoms with E-state index in [-0.39, 0.29) is 43.1 Å². The maximum atomic E-state index is 14.0. The van der Waals surface area contributed by atoms with Crippen LogP contribution in [0.1, 0.15) is 24.5 Å². The van der Waals surface area contributed by atoms with E-state index in [0.717, 1.165) is 0 Å². The van der Waals surface area contributed by atoms with Crippen LogP contribution in [-0.2, 0) is 27.3 Å². The summed E-state index contributed by atoms with van der Waals surface area (Å²) in [6.45, 7) is 1.75. The van der Waals surface area contributed by atoms with E-state index in [2.05, 4.69) is 20.3 Å². The molecule has 0 radical (unpaired) electrons. The summed E-state index contributed by atoms with van der Waals surface area (Å²) >= 11 is 5.96. The van der Waals surface area contributed by atoms with Gasteiger partial charge in [-0.1, -0.05) is 42.8 Å². The highest BCUT2D eigenvalue weighted by Gasteiger charge is 2.40. The summed E-state index contributed by atoms with van der Waals surface area (Å²) < 4.78 is 56.5. The summed E-state index contributed by atoms with van der Waals surface area (Å²) in [5.74, 6) is -2.97. The van der Waals surface area contributed by atoms with Gasteiger partial charge in [0.2, 0.25) is 15.9 Å². The zero-order valence-corrected chi connectivity index (χ0v) is 23.6. The SMILES string of the molecule is CCC(F)(F)c1ccc(CNC(=O)[C@H]2CN(c3cnc4cnccc4n3)CCN2S(=O)(=O)c2ccc(Cl)cc2)cc1. The molecule has 0 spiro atoms. The van der Waals surface area contributed by atoms with Gasteiger partial charge in [0.15, 0.2) is 0 Å². The van der Waals surface area contributed by atoms with Gasteiger partial charge in [-0.05, 0) is 35.9 Å². The second-order valence-electron chi connectivity index (χ2n) is 9.60. The van der Waals surface area contributed by atoms with Crippen LogP contribution in [-0.4, -0.2) is 59.3 Å². The van der Waals surface area contributed by atoms with Gasteiger partial charge in [0.05, 0.1) is 22.8 Å². The summed E-state index contributed by atoms with van der Waals surface area (Å²) in [4.78, 5) is 28.4. The summed E-state index contributed by atoms with van der Waals surface area (Å²) in [6.07, 6.45) is 4.44. The van der Waals surface area contributed by atoms with E-state index in [4.69, 9.17) is 11.6 Å². The molecule has 2 aromatic carbocycles. The third-order valence-corrected chi connectivity index (χ3v) is 9.17. The van der Waals surface area contributed by atoms with E-state index >= 15 is 0 Å². The number of fused-ring (bicyclic) bond motifs is 1. The quantitative estimate of drug-likeness (QED) is 0.320. The summed E-state index contributed by atoms with van der Waals surface area (Å²) in [5.41, 5.74) is 1.72. The predicted molar refractivity (Wildman–Crippen MR) is 151 cm³/mol. The van der Waals surface area contributed by atoms with Crippen molar-refractivity contribution in [3.8, 4) is 0 Å². The Morgan fingerprint density at radius 1 is 1.05 bits per heavy atom. The van der Waals surface area contributed by atoms with Crippen molar-refractivity contribution < 1.29 is 22.0 Å². The number of nitrogens with one attached hydrogen (secondary N) is 1. The molecule has 3 heterocycles. The molecule has 1 fully saturated rings. The molecule has 41 heavy (non-hydrogen) atoms. The molecule has 1 N–H and O–H groups in total. The highest BCUT2D eigenvalue weighted by molar-refractivity contribution is 7.89. The first-order valence-electron chi connectivity index (χ1n) is 12.9. The molecule has 1 aliphatic rings. The number of sulfonamides is 1. The molecule has 2 aromatic heterocycles. The van der Waals surface area contributed by atoms with Gasteiger partial charge in [-0.25, -0.2) is 27.2 Å². The smallest absolute Gasteiger partial charge is 0.273 e. The molecule has 1 atom stereocenters. The Labute approximate surface area is 241 Å². The van der Waals surface area contributed by atoms with E-state index < -0.39 is 27.9 Å². The number of aromatic nitrogens is 3. The van der Waals surface area contributed by atoms with Crippen LogP contribution in [0.2, 0.25) is 5.02 Å². The normalized spacial score (nSPS) is 16.6. The minimum atomic E-state index is -4.06. The first-order valence-corrected chi connectivity index (χ1v) is 14.7. The summed E-state index contributed by atoms with van der Waals surface area (Å²) in [5, 5.41) is 3.17. The van der Waals surface area contributed by atoms with Gasteiger partial charge in [-0.3, -0.25) is 9.78 Å². The van der Waals surface area contributed by atoms with E-state index in [0.29, 0.717) is 27.4 Å². The minimum absolute atomic E-state index is 0.0126. The fourth-order valence-electron chi connectivity index (χ4n) is 4.60. The summed E-state index contributed by atoms with van der Waals surface area (Å²) in [7, 11) is -4.06. The number of piperazine rings is 1. The first kappa shape index (κ1) is 28.8. The third-order valence-electron chi connectivity index (χ3n) is 7.00. The zero-order valence-electron chi connectivity index (χ0n) is 22.0. The molecule has 4 aromatic rings. The van der Waals surface area contributed by atoms with Gasteiger partial charge in [-0.15, -0.1) is 0 Å². The van der Waals surface area contributed by atoms with Crippen molar-refractivity contribution in [2.24, 2.45) is 0 Å². The van der Waals surface area contributed by atoms with Crippen LogP contribution >= 0.6 is 11.6 Å². The lowest BCUT2D eigenvalue weighted by Gasteiger charge is -2.40. The van der Waals surface area contributed by atoms with Crippen molar-refractivity contribution in [3.63, 3.8) is 0 Å². The molecule has 1 saturated heterocycles. The highest BCUT2D eigenvalue weighted by atomic mass is 35.5. The monoisotopic (exact) mass is 600 g/mol. The van der Waals surface area contributed by atoms with Crippen LogP contribution in [0.5, 0.6) is 0 Å². The van der Waals surface area contributed by atoms with E-state index in [9.17, 15) is 22.0 Å². The minimum Gasteiger partial charge on any atom is -0.352 e. The molecular weight excluding hydrogens is 574 g/mol. The molecule has 1 amide bonds. The Morgan fingerprint density at radius 3 is 2.49 bits per heavy atom. The lowest BCUT2D eigenvalue weighted by molar-refractivity contribution is -0.125. The number of carbonyl (C=O) groups is 1. The molecule has 9 nitrogen and oxygen atoms in total. The van der Waals surface area contributed by atoms with Gasteiger partial charge in [-0.2, -0.15) is 4.31 Å². The first-order chi connectivity index (χ1) is 19.6. The van der Waals surface area contributed by atoms with Crippen molar-refractivity contribution in [1.82, 2.24) is 24.6 Å². The van der Waals surface area contributed by atoms with Gasteiger partial charge in [0.25, 0.3) is 5.92 Å². The number of pyridine rings is 1. The molecule has 214 valence electrons. The van der Waals surface area contributed by atoms with Crippen molar-refractivity contribution in [2.75, 3.05) is 24.5 Å². The lowest BCUT2D eigenvalue weighted by atomic mass is 10.0. The average molecular weight is 601 g/mol. The molecule has 5 rings (SSSR count). The maximum Gasteiger partial charge on any atom is 0.273 e. The molecule has 0 saturated carbocycles. The van der Waals surface area contributed by atoms with Gasteiger partial charge in [0, 0.05) is 49.4 Å². The zero-order chi connectivity index (χ0) is 29.2. The van der Waals surface area contributed by atoms with Gasteiger partial charge in [0.1, 0.15) is 17.4 Å². The number of rotatable bonds is 8. The fourth-order valence-corrected chi connectivity index (χ4v) is 6.30. The third kappa shape index (κ3) is 6.14. The fraction of sp³-hybridized carbons (Fsp3) is 0.286. The number of halogens is 3. The Balaban J connectivity index is 1.40. The van der Waals surface area contributed by atoms with Crippen LogP contribution < -0.4 is 10.2 Å². The number of carbonyl (C=O) groups excluding carboxylic acids is 1. The van der Waals surface area contributed by atoms with Crippen molar-refractivity contribution >= 4 is 44.4 Å². The van der Waals surface area contributed by atoms with E-state index in [1.54, 1.807) is 24.7 Å². The van der Waals surface area contributed by atoms with Gasteiger partial charge < -0.3 is 10.2 Å². The Bertz CT molecular complexity index is 1660. The number of benzene rings is 2. The van der Waals surface area contributed by atoms with Crippen molar-refractivity contribution in [3.05, 3.63) is 89.3 Å². The molecule has 13 heteroatoms. The second-order valence-corrected chi connectivity index (χ2v) is 11.9. The number of alkyl halides is 2. The van der Waals surface area contributed by atoms with E-state index in [1.165, 1.54) is 59.8 Å². The number of amides is 1. The topological polar surface area (TPSA) is 108 Å². The summed E-state index contributed by atoms with van der Waals surface area (Å²) in [6, 6.07) is 12.1.